The summed E-state index contributed by atoms with van der Waals surface area (Å²) >= 11 is 3.39. The number of hydrogen-bond acceptors (Lipinski definition) is 4. The van der Waals surface area contributed by atoms with E-state index in [1.54, 1.807) is 36.4 Å². The van der Waals surface area contributed by atoms with E-state index in [-0.39, 0.29) is 23.4 Å². The first-order valence-electron chi connectivity index (χ1n) is 13.1. The third-order valence-corrected chi connectivity index (χ3v) is 8.90. The molecule has 7 nitrogen and oxygen atoms in total. The van der Waals surface area contributed by atoms with Gasteiger partial charge in [0, 0.05) is 17.1 Å². The standard InChI is InChI=1S/C30H36BrN3O4S/c1-5-23(4)32-30(36)28(6-2)33(20-24-10-8-7-9-11-24)29(35)21-34(26-16-14-25(31)15-17-26)39(37,38)27-18-12-22(3)13-19-27/h7-19,23,28H,5-6,20-21H2,1-4H3,(H,32,36)/t23-,28+/m0/s1. The maximum Gasteiger partial charge on any atom is 0.264 e. The van der Waals surface area contributed by atoms with Crippen LogP contribution in [0.25, 0.3) is 0 Å². The number of aryl methyl sites for hydroxylation is 1. The molecule has 0 fully saturated rings. The fourth-order valence-corrected chi connectivity index (χ4v) is 5.79. The Kier molecular flexibility index (Phi) is 10.7. The van der Waals surface area contributed by atoms with E-state index < -0.39 is 28.5 Å². The summed E-state index contributed by atoms with van der Waals surface area (Å²) in [6, 6.07) is 21.9. The number of anilines is 1. The van der Waals surface area contributed by atoms with Crippen LogP contribution in [0.3, 0.4) is 0 Å². The predicted octanol–water partition coefficient (Wildman–Crippen LogP) is 5.67. The molecule has 39 heavy (non-hydrogen) atoms. The molecule has 9 heteroatoms. The van der Waals surface area contributed by atoms with Crippen LogP contribution in [0.2, 0.25) is 0 Å². The minimum atomic E-state index is -4.09. The van der Waals surface area contributed by atoms with Crippen molar-refractivity contribution in [3.63, 3.8) is 0 Å². The number of amides is 2. The van der Waals surface area contributed by atoms with Gasteiger partial charge in [-0.1, -0.05) is 77.8 Å². The Morgan fingerprint density at radius 2 is 1.51 bits per heavy atom. The predicted molar refractivity (Wildman–Crippen MR) is 159 cm³/mol. The number of benzene rings is 3. The average molecular weight is 615 g/mol. The van der Waals surface area contributed by atoms with E-state index >= 15 is 0 Å². The fourth-order valence-electron chi connectivity index (χ4n) is 4.11. The summed E-state index contributed by atoms with van der Waals surface area (Å²) < 4.78 is 29.6. The van der Waals surface area contributed by atoms with Gasteiger partial charge in [0.15, 0.2) is 0 Å². The Balaban J connectivity index is 2.04. The maximum atomic E-state index is 14.0. The SMILES string of the molecule is CC[C@H](C(=O)N[C@@H](C)CC)N(Cc1ccccc1)C(=O)CN(c1ccc(Br)cc1)S(=O)(=O)c1ccc(C)cc1. The van der Waals surface area contributed by atoms with Crippen molar-refractivity contribution in [1.29, 1.82) is 0 Å². The van der Waals surface area contributed by atoms with Crippen LogP contribution in [0.1, 0.15) is 44.7 Å². The van der Waals surface area contributed by atoms with Crippen LogP contribution in [0.4, 0.5) is 5.69 Å². The van der Waals surface area contributed by atoms with Crippen molar-refractivity contribution in [3.8, 4) is 0 Å². The molecule has 3 aromatic carbocycles. The first-order chi connectivity index (χ1) is 18.6. The zero-order chi connectivity index (χ0) is 28.6. The molecule has 0 aliphatic carbocycles. The molecule has 2 amide bonds. The van der Waals surface area contributed by atoms with Gasteiger partial charge in [0.05, 0.1) is 10.6 Å². The van der Waals surface area contributed by atoms with Gasteiger partial charge in [0.25, 0.3) is 10.0 Å². The molecule has 0 unspecified atom stereocenters. The lowest BCUT2D eigenvalue weighted by atomic mass is 10.1. The number of hydrogen-bond donors (Lipinski definition) is 1. The molecule has 1 N–H and O–H groups in total. The van der Waals surface area contributed by atoms with Gasteiger partial charge in [-0.2, -0.15) is 0 Å². The van der Waals surface area contributed by atoms with E-state index in [4.69, 9.17) is 0 Å². The molecule has 2 atom stereocenters. The van der Waals surface area contributed by atoms with Gasteiger partial charge in [-0.25, -0.2) is 8.42 Å². The van der Waals surface area contributed by atoms with Crippen molar-refractivity contribution >= 4 is 43.5 Å². The number of sulfonamides is 1. The van der Waals surface area contributed by atoms with E-state index in [2.05, 4.69) is 21.2 Å². The van der Waals surface area contributed by atoms with Crippen LogP contribution in [0.5, 0.6) is 0 Å². The minimum Gasteiger partial charge on any atom is -0.352 e. The molecule has 0 radical (unpaired) electrons. The van der Waals surface area contributed by atoms with Crippen molar-refractivity contribution in [2.45, 2.75) is 64.1 Å². The Morgan fingerprint density at radius 3 is 2.08 bits per heavy atom. The number of nitrogens with zero attached hydrogens (tertiary/aromatic N) is 2. The first kappa shape index (κ1) is 30.4. The van der Waals surface area contributed by atoms with Crippen molar-refractivity contribution in [2.75, 3.05) is 10.8 Å². The monoisotopic (exact) mass is 613 g/mol. The van der Waals surface area contributed by atoms with Crippen LogP contribution in [-0.4, -0.2) is 43.8 Å². The zero-order valence-corrected chi connectivity index (χ0v) is 25.2. The highest BCUT2D eigenvalue weighted by Gasteiger charge is 2.33. The summed E-state index contributed by atoms with van der Waals surface area (Å²) in [6.07, 6.45) is 1.13. The molecule has 0 aromatic heterocycles. The second-order valence-electron chi connectivity index (χ2n) is 9.55. The lowest BCUT2D eigenvalue weighted by molar-refractivity contribution is -0.140. The van der Waals surface area contributed by atoms with Gasteiger partial charge in [0.1, 0.15) is 12.6 Å². The highest BCUT2D eigenvalue weighted by atomic mass is 79.9. The normalized spacial score (nSPS) is 12.8. The quantitative estimate of drug-likeness (QED) is 0.285. The van der Waals surface area contributed by atoms with Crippen LogP contribution in [0, 0.1) is 6.92 Å². The van der Waals surface area contributed by atoms with Crippen LogP contribution in [0.15, 0.2) is 88.2 Å². The number of carbonyl (C=O) groups excluding carboxylic acids is 2. The number of carbonyl (C=O) groups is 2. The fraction of sp³-hybridized carbons (Fsp3) is 0.333. The molecule has 0 saturated heterocycles. The van der Waals surface area contributed by atoms with Crippen molar-refractivity contribution in [2.24, 2.45) is 0 Å². The van der Waals surface area contributed by atoms with Gasteiger partial charge in [-0.05, 0) is 68.7 Å². The van der Waals surface area contributed by atoms with Crippen LogP contribution in [-0.2, 0) is 26.2 Å². The average Bonchev–Trinajstić information content (AvgIpc) is 2.92. The van der Waals surface area contributed by atoms with Crippen LogP contribution < -0.4 is 9.62 Å². The van der Waals surface area contributed by atoms with Gasteiger partial charge in [-0.15, -0.1) is 0 Å². The van der Waals surface area contributed by atoms with E-state index in [1.807, 2.05) is 58.0 Å². The molecule has 0 spiro atoms. The minimum absolute atomic E-state index is 0.0543. The summed E-state index contributed by atoms with van der Waals surface area (Å²) in [5.41, 5.74) is 2.12. The smallest absolute Gasteiger partial charge is 0.264 e. The van der Waals surface area contributed by atoms with E-state index in [0.717, 1.165) is 26.3 Å². The summed E-state index contributed by atoms with van der Waals surface area (Å²) in [7, 11) is -4.09. The maximum absolute atomic E-state index is 14.0. The molecular formula is C30H36BrN3O4S. The molecule has 0 heterocycles. The highest BCUT2D eigenvalue weighted by Crippen LogP contribution is 2.26. The largest absolute Gasteiger partial charge is 0.352 e. The molecular weight excluding hydrogens is 578 g/mol. The van der Waals surface area contributed by atoms with Crippen LogP contribution >= 0.6 is 15.9 Å². The van der Waals surface area contributed by atoms with Crippen molar-refractivity contribution < 1.29 is 18.0 Å². The second kappa shape index (κ2) is 13.8. The Morgan fingerprint density at radius 1 is 0.897 bits per heavy atom. The molecule has 0 saturated carbocycles. The number of nitrogens with one attached hydrogen (secondary N) is 1. The Labute approximate surface area is 240 Å². The van der Waals surface area contributed by atoms with Gasteiger partial charge in [0.2, 0.25) is 11.8 Å². The molecule has 0 aliphatic heterocycles. The van der Waals surface area contributed by atoms with E-state index in [1.165, 1.54) is 17.0 Å². The molecule has 3 aromatic rings. The Hall–Kier alpha value is -3.17. The summed E-state index contributed by atoms with van der Waals surface area (Å²) in [5, 5.41) is 2.98. The third kappa shape index (κ3) is 7.92. The molecule has 208 valence electrons. The molecule has 0 aliphatic rings. The lowest BCUT2D eigenvalue weighted by Gasteiger charge is -2.33. The highest BCUT2D eigenvalue weighted by molar-refractivity contribution is 9.10. The summed E-state index contributed by atoms with van der Waals surface area (Å²) in [4.78, 5) is 28.9. The Bertz CT molecular complexity index is 1350. The third-order valence-electron chi connectivity index (χ3n) is 6.59. The van der Waals surface area contributed by atoms with Gasteiger partial charge in [-0.3, -0.25) is 13.9 Å². The topological polar surface area (TPSA) is 86.8 Å². The van der Waals surface area contributed by atoms with E-state index in [0.29, 0.717) is 12.1 Å². The number of rotatable bonds is 12. The zero-order valence-electron chi connectivity index (χ0n) is 22.8. The lowest BCUT2D eigenvalue weighted by Crippen LogP contribution is -2.53. The first-order valence-corrected chi connectivity index (χ1v) is 15.3. The van der Waals surface area contributed by atoms with Gasteiger partial charge >= 0.3 is 0 Å². The van der Waals surface area contributed by atoms with Crippen molar-refractivity contribution in [1.82, 2.24) is 10.2 Å². The summed E-state index contributed by atoms with van der Waals surface area (Å²) in [5.74, 6) is -0.726. The van der Waals surface area contributed by atoms with E-state index in [9.17, 15) is 18.0 Å². The van der Waals surface area contributed by atoms with Crippen molar-refractivity contribution in [3.05, 3.63) is 94.5 Å². The number of halogens is 1. The second-order valence-corrected chi connectivity index (χ2v) is 12.3. The summed E-state index contributed by atoms with van der Waals surface area (Å²) in [6.45, 7) is 7.33. The molecule has 3 rings (SSSR count). The van der Waals surface area contributed by atoms with Gasteiger partial charge < -0.3 is 10.2 Å². The molecule has 0 bridgehead atoms.